The topological polar surface area (TPSA) is 52.0 Å². The van der Waals surface area contributed by atoms with Crippen LogP contribution in [0, 0.1) is 0 Å². The van der Waals surface area contributed by atoms with Gasteiger partial charge in [0.15, 0.2) is 6.61 Å². The molecule has 1 N–H and O–H groups in total. The number of hydrogen-bond donors (Lipinski definition) is 1. The maximum atomic E-state index is 12.2. The molecule has 0 aliphatic rings. The van der Waals surface area contributed by atoms with Crippen LogP contribution < -0.4 is 10.1 Å². The van der Waals surface area contributed by atoms with E-state index < -0.39 is 12.8 Å². The lowest BCUT2D eigenvalue weighted by Gasteiger charge is -2.16. The molecule has 0 aromatic carbocycles. The van der Waals surface area contributed by atoms with Crippen molar-refractivity contribution in [2.45, 2.75) is 25.7 Å². The van der Waals surface area contributed by atoms with Gasteiger partial charge in [0.25, 0.3) is 0 Å². The van der Waals surface area contributed by atoms with Crippen molar-refractivity contribution >= 4 is 0 Å². The van der Waals surface area contributed by atoms with Gasteiger partial charge >= 0.3 is 6.18 Å². The Morgan fingerprint density at radius 1 is 1.32 bits per heavy atom. The molecule has 2 aromatic heterocycles. The monoisotopic (exact) mass is 314 g/mol. The Balaban J connectivity index is 1.99. The first-order chi connectivity index (χ1) is 10.4. The van der Waals surface area contributed by atoms with Crippen molar-refractivity contribution in [2.24, 2.45) is 7.05 Å². The molecule has 0 spiro atoms. The normalized spacial score (nSPS) is 13.1. The predicted octanol–water partition coefficient (Wildman–Crippen LogP) is 2.61. The maximum absolute atomic E-state index is 12.2. The van der Waals surface area contributed by atoms with Gasteiger partial charge in [-0.05, 0) is 19.1 Å². The summed E-state index contributed by atoms with van der Waals surface area (Å²) in [6.45, 7) is 0.936. The van der Waals surface area contributed by atoms with Crippen LogP contribution in [0.25, 0.3) is 0 Å². The highest BCUT2D eigenvalue weighted by Gasteiger charge is 2.29. The van der Waals surface area contributed by atoms with E-state index in [-0.39, 0.29) is 11.9 Å². The van der Waals surface area contributed by atoms with E-state index in [1.54, 1.807) is 23.0 Å². The third-order valence-electron chi connectivity index (χ3n) is 3.12. The summed E-state index contributed by atoms with van der Waals surface area (Å²) in [5.41, 5.74) is 1.54. The van der Waals surface area contributed by atoms with E-state index in [1.165, 1.54) is 6.20 Å². The minimum absolute atomic E-state index is 0.00969. The van der Waals surface area contributed by atoms with Gasteiger partial charge < -0.3 is 10.1 Å². The molecule has 0 aliphatic carbocycles. The SMILES string of the molecule is CC(NCc1cccnc1OCC(F)(F)F)c1ccnn1C. The molecular weight excluding hydrogens is 297 g/mol. The minimum atomic E-state index is -4.38. The number of aryl methyl sites for hydroxylation is 1. The van der Waals surface area contributed by atoms with E-state index in [0.717, 1.165) is 5.69 Å². The van der Waals surface area contributed by atoms with Gasteiger partial charge in [0.05, 0.1) is 5.69 Å². The fraction of sp³-hybridized carbons (Fsp3) is 0.429. The quantitative estimate of drug-likeness (QED) is 0.890. The van der Waals surface area contributed by atoms with E-state index in [2.05, 4.69) is 15.4 Å². The molecule has 0 fully saturated rings. The van der Waals surface area contributed by atoms with E-state index in [4.69, 9.17) is 4.74 Å². The standard InChI is InChI=1S/C14H17F3N4O/c1-10(12-5-7-20-21(12)2)19-8-11-4-3-6-18-13(11)22-9-14(15,16)17/h3-7,10,19H,8-9H2,1-2H3. The number of ether oxygens (including phenoxy) is 1. The number of nitrogens with zero attached hydrogens (tertiary/aromatic N) is 3. The molecule has 120 valence electrons. The number of aromatic nitrogens is 3. The minimum Gasteiger partial charge on any atom is -0.468 e. The molecule has 0 saturated heterocycles. The molecule has 1 atom stereocenters. The third-order valence-corrected chi connectivity index (χ3v) is 3.12. The zero-order valence-corrected chi connectivity index (χ0v) is 12.3. The van der Waals surface area contributed by atoms with Gasteiger partial charge in [0.2, 0.25) is 5.88 Å². The first kappa shape index (κ1) is 16.3. The van der Waals surface area contributed by atoms with Gasteiger partial charge in [-0.25, -0.2) is 4.98 Å². The predicted molar refractivity (Wildman–Crippen MR) is 74.2 cm³/mol. The Morgan fingerprint density at radius 3 is 2.73 bits per heavy atom. The molecule has 5 nitrogen and oxygen atoms in total. The van der Waals surface area contributed by atoms with Crippen molar-refractivity contribution in [3.8, 4) is 5.88 Å². The molecule has 0 aliphatic heterocycles. The zero-order valence-electron chi connectivity index (χ0n) is 12.3. The van der Waals surface area contributed by atoms with Gasteiger partial charge in [-0.1, -0.05) is 6.07 Å². The molecule has 8 heteroatoms. The molecule has 2 aromatic rings. The first-order valence-corrected chi connectivity index (χ1v) is 6.71. The summed E-state index contributed by atoms with van der Waals surface area (Å²) in [5.74, 6) is -0.00969. The highest BCUT2D eigenvalue weighted by atomic mass is 19.4. The van der Waals surface area contributed by atoms with E-state index in [9.17, 15) is 13.2 Å². The van der Waals surface area contributed by atoms with Crippen LogP contribution in [0.1, 0.15) is 24.2 Å². The van der Waals surface area contributed by atoms with E-state index in [0.29, 0.717) is 12.1 Å². The highest BCUT2D eigenvalue weighted by molar-refractivity contribution is 5.25. The summed E-state index contributed by atoms with van der Waals surface area (Å²) in [7, 11) is 1.83. The van der Waals surface area contributed by atoms with Crippen molar-refractivity contribution < 1.29 is 17.9 Å². The molecule has 0 amide bonds. The summed E-state index contributed by atoms with van der Waals surface area (Å²) in [5, 5.41) is 7.30. The summed E-state index contributed by atoms with van der Waals surface area (Å²) in [4.78, 5) is 3.86. The lowest BCUT2D eigenvalue weighted by atomic mass is 10.2. The maximum Gasteiger partial charge on any atom is 0.422 e. The Labute approximate surface area is 126 Å². The van der Waals surface area contributed by atoms with Crippen LogP contribution in [0.15, 0.2) is 30.6 Å². The molecule has 0 radical (unpaired) electrons. The summed E-state index contributed by atoms with van der Waals surface area (Å²) in [6, 6.07) is 5.21. The molecule has 2 heterocycles. The number of halogens is 3. The Bertz CT molecular complexity index is 612. The summed E-state index contributed by atoms with van der Waals surface area (Å²) >= 11 is 0. The van der Waals surface area contributed by atoms with Crippen molar-refractivity contribution in [1.82, 2.24) is 20.1 Å². The number of nitrogens with one attached hydrogen (secondary N) is 1. The second-order valence-electron chi connectivity index (χ2n) is 4.85. The van der Waals surface area contributed by atoms with E-state index in [1.807, 2.05) is 20.0 Å². The van der Waals surface area contributed by atoms with Gasteiger partial charge in [-0.2, -0.15) is 18.3 Å². The fourth-order valence-electron chi connectivity index (χ4n) is 2.02. The molecule has 2 rings (SSSR count). The molecule has 0 bridgehead atoms. The lowest BCUT2D eigenvalue weighted by Crippen LogP contribution is -2.23. The number of rotatable bonds is 6. The molecular formula is C14H17F3N4O. The van der Waals surface area contributed by atoms with Crippen molar-refractivity contribution in [2.75, 3.05) is 6.61 Å². The Kier molecular flexibility index (Phi) is 5.02. The number of pyridine rings is 1. The highest BCUT2D eigenvalue weighted by Crippen LogP contribution is 2.20. The average Bonchev–Trinajstić information content (AvgIpc) is 2.89. The average molecular weight is 314 g/mol. The summed E-state index contributed by atoms with van der Waals surface area (Å²) < 4.78 is 43.2. The Morgan fingerprint density at radius 2 is 2.09 bits per heavy atom. The number of alkyl halides is 3. The largest absolute Gasteiger partial charge is 0.468 e. The van der Waals surface area contributed by atoms with E-state index >= 15 is 0 Å². The van der Waals surface area contributed by atoms with Crippen LogP contribution >= 0.6 is 0 Å². The van der Waals surface area contributed by atoms with Crippen LogP contribution in [0.4, 0.5) is 13.2 Å². The van der Waals surface area contributed by atoms with Gasteiger partial charge in [-0.3, -0.25) is 4.68 Å². The van der Waals surface area contributed by atoms with Crippen LogP contribution in [-0.2, 0) is 13.6 Å². The third kappa shape index (κ3) is 4.45. The first-order valence-electron chi connectivity index (χ1n) is 6.71. The van der Waals surface area contributed by atoms with Gasteiger partial charge in [0.1, 0.15) is 0 Å². The van der Waals surface area contributed by atoms with Gasteiger partial charge in [-0.15, -0.1) is 0 Å². The fourth-order valence-corrected chi connectivity index (χ4v) is 2.02. The van der Waals surface area contributed by atoms with Crippen LogP contribution in [-0.4, -0.2) is 27.5 Å². The Hall–Kier alpha value is -2.09. The molecule has 1 unspecified atom stereocenters. The van der Waals surface area contributed by atoms with Crippen LogP contribution in [0.2, 0.25) is 0 Å². The van der Waals surface area contributed by atoms with Gasteiger partial charge in [0, 0.05) is 37.6 Å². The van der Waals surface area contributed by atoms with Crippen molar-refractivity contribution in [3.05, 3.63) is 41.9 Å². The van der Waals surface area contributed by atoms with Crippen molar-refractivity contribution in [3.63, 3.8) is 0 Å². The molecule has 0 saturated carbocycles. The smallest absolute Gasteiger partial charge is 0.422 e. The van der Waals surface area contributed by atoms with Crippen molar-refractivity contribution in [1.29, 1.82) is 0 Å². The molecule has 22 heavy (non-hydrogen) atoms. The zero-order chi connectivity index (χ0) is 16.2. The number of hydrogen-bond acceptors (Lipinski definition) is 4. The second kappa shape index (κ2) is 6.78. The second-order valence-corrected chi connectivity index (χ2v) is 4.85. The lowest BCUT2D eigenvalue weighted by molar-refractivity contribution is -0.154. The van der Waals surface area contributed by atoms with Crippen LogP contribution in [0.5, 0.6) is 5.88 Å². The van der Waals surface area contributed by atoms with Crippen LogP contribution in [0.3, 0.4) is 0 Å². The summed E-state index contributed by atoms with van der Waals surface area (Å²) in [6.07, 6.45) is -1.29.